The first kappa shape index (κ1) is 48.8. The fourth-order valence-electron chi connectivity index (χ4n) is 6.13. The summed E-state index contributed by atoms with van der Waals surface area (Å²) in [6, 6.07) is 0. The van der Waals surface area contributed by atoms with Gasteiger partial charge in [0.25, 0.3) is 0 Å². The van der Waals surface area contributed by atoms with Crippen molar-refractivity contribution >= 4 is 19.8 Å². The van der Waals surface area contributed by atoms with Crippen molar-refractivity contribution < 1.29 is 37.9 Å². The van der Waals surface area contributed by atoms with Crippen LogP contribution in [0.2, 0.25) is 0 Å². The Morgan fingerprint density at radius 1 is 0.500 bits per heavy atom. The lowest BCUT2D eigenvalue weighted by Gasteiger charge is -2.18. The van der Waals surface area contributed by atoms with Crippen LogP contribution in [0.5, 0.6) is 0 Å². The summed E-state index contributed by atoms with van der Waals surface area (Å²) in [5, 5.41) is 0. The Bertz CT molecular complexity index is 827. The minimum absolute atomic E-state index is 0.211. The summed E-state index contributed by atoms with van der Waals surface area (Å²) in [6.45, 7) is 3.70. The zero-order chi connectivity index (χ0) is 36.8. The molecule has 0 radical (unpaired) electrons. The minimum Gasteiger partial charge on any atom is -0.462 e. The highest BCUT2D eigenvalue weighted by molar-refractivity contribution is 7.46. The zero-order valence-corrected chi connectivity index (χ0v) is 33.5. The van der Waals surface area contributed by atoms with Gasteiger partial charge in [0.2, 0.25) is 0 Å². The molecule has 1 unspecified atom stereocenters. The maximum absolute atomic E-state index is 12.4. The van der Waals surface area contributed by atoms with Crippen molar-refractivity contribution in [1.29, 1.82) is 0 Å². The van der Waals surface area contributed by atoms with Crippen molar-refractivity contribution in [3.63, 3.8) is 0 Å². The normalized spacial score (nSPS) is 12.5. The maximum Gasteiger partial charge on any atom is 0.469 e. The van der Waals surface area contributed by atoms with Crippen LogP contribution in [0, 0.1) is 0 Å². The molecule has 0 saturated carbocycles. The molecule has 0 saturated heterocycles. The van der Waals surface area contributed by atoms with Crippen molar-refractivity contribution in [2.24, 2.45) is 0 Å². The number of rotatable bonds is 39. The molecule has 0 aromatic heterocycles. The first-order chi connectivity index (χ1) is 24.3. The summed E-state index contributed by atoms with van der Waals surface area (Å²) in [5.74, 6) is -0.878. The monoisotopic (exact) mass is 731 g/mol. The smallest absolute Gasteiger partial charge is 0.462 e. The van der Waals surface area contributed by atoms with E-state index in [2.05, 4.69) is 30.5 Å². The van der Waals surface area contributed by atoms with Crippen LogP contribution in [0.25, 0.3) is 0 Å². The van der Waals surface area contributed by atoms with Gasteiger partial charge in [-0.05, 0) is 38.5 Å². The van der Waals surface area contributed by atoms with E-state index in [0.717, 1.165) is 44.9 Å². The SMILES string of the molecule is CCCCCCCCC/C=C\CCCCCCCCCC(=O)OC(COC(=O)CCCCCCCCCCCCCCCC)COP(=O)(O)O. The number of ether oxygens (including phenoxy) is 2. The topological polar surface area (TPSA) is 119 Å². The average molecular weight is 731 g/mol. The second-order valence-electron chi connectivity index (χ2n) is 14.3. The fraction of sp³-hybridized carbons (Fsp3) is 0.902. The number of hydrogen-bond donors (Lipinski definition) is 2. The van der Waals surface area contributed by atoms with E-state index in [1.165, 1.54) is 141 Å². The third-order valence-corrected chi connectivity index (χ3v) is 9.77. The van der Waals surface area contributed by atoms with Gasteiger partial charge in [-0.25, -0.2) is 4.57 Å². The highest BCUT2D eigenvalue weighted by Gasteiger charge is 2.22. The molecule has 1 atom stereocenters. The minimum atomic E-state index is -4.75. The molecule has 0 bridgehead atoms. The van der Waals surface area contributed by atoms with Gasteiger partial charge < -0.3 is 19.3 Å². The molecule has 0 fully saturated rings. The van der Waals surface area contributed by atoms with Crippen LogP contribution in [-0.4, -0.2) is 41.0 Å². The Kier molecular flexibility index (Phi) is 36.6. The number of unbranched alkanes of at least 4 members (excludes halogenated alkanes) is 27. The van der Waals surface area contributed by atoms with Crippen LogP contribution < -0.4 is 0 Å². The number of carbonyl (C=O) groups is 2. The van der Waals surface area contributed by atoms with Gasteiger partial charge in [-0.1, -0.05) is 180 Å². The maximum atomic E-state index is 12.4. The summed E-state index contributed by atoms with van der Waals surface area (Å²) in [4.78, 5) is 42.8. The molecule has 0 amide bonds. The highest BCUT2D eigenvalue weighted by atomic mass is 31.2. The van der Waals surface area contributed by atoms with Crippen LogP contribution in [0.3, 0.4) is 0 Å². The molecule has 50 heavy (non-hydrogen) atoms. The Morgan fingerprint density at radius 2 is 0.840 bits per heavy atom. The van der Waals surface area contributed by atoms with Crippen molar-refractivity contribution in [2.45, 2.75) is 225 Å². The predicted molar refractivity (Wildman–Crippen MR) is 207 cm³/mol. The standard InChI is InChI=1S/C41H79O8P/c1-3-5-7-9-11-13-15-17-19-20-21-22-24-26-28-30-32-34-36-41(43)49-39(38-48-50(44,45)46)37-47-40(42)35-33-31-29-27-25-23-18-16-14-12-10-8-6-4-2/h19-20,39H,3-18,21-38H2,1-2H3,(H2,44,45,46)/b20-19-. The van der Waals surface area contributed by atoms with Crippen LogP contribution in [0.1, 0.15) is 219 Å². The van der Waals surface area contributed by atoms with E-state index in [4.69, 9.17) is 19.3 Å². The Labute approximate surface area is 307 Å². The van der Waals surface area contributed by atoms with E-state index in [9.17, 15) is 14.2 Å². The van der Waals surface area contributed by atoms with E-state index < -0.39 is 32.5 Å². The highest BCUT2D eigenvalue weighted by Crippen LogP contribution is 2.36. The average Bonchev–Trinajstić information content (AvgIpc) is 3.08. The number of allylic oxidation sites excluding steroid dienone is 2. The zero-order valence-electron chi connectivity index (χ0n) is 32.6. The molecular formula is C41H79O8P. The molecule has 0 aliphatic carbocycles. The Hall–Kier alpha value is -1.21. The second-order valence-corrected chi connectivity index (χ2v) is 15.6. The molecule has 0 rings (SSSR count). The third-order valence-electron chi connectivity index (χ3n) is 9.28. The summed E-state index contributed by atoms with van der Waals surface area (Å²) in [6.07, 6.45) is 40.7. The Morgan fingerprint density at radius 3 is 1.22 bits per heavy atom. The quantitative estimate of drug-likeness (QED) is 0.0278. The van der Waals surface area contributed by atoms with Gasteiger partial charge >= 0.3 is 19.8 Å². The third kappa shape index (κ3) is 39.6. The summed E-state index contributed by atoms with van der Waals surface area (Å²) in [7, 11) is -4.75. The van der Waals surface area contributed by atoms with Crippen LogP contribution >= 0.6 is 7.82 Å². The molecular weight excluding hydrogens is 651 g/mol. The number of phosphoric acid groups is 1. The van der Waals surface area contributed by atoms with Gasteiger partial charge in [-0.3, -0.25) is 14.1 Å². The molecule has 296 valence electrons. The van der Waals surface area contributed by atoms with E-state index in [-0.39, 0.29) is 19.4 Å². The first-order valence-corrected chi connectivity index (χ1v) is 22.5. The molecule has 0 aromatic carbocycles. The van der Waals surface area contributed by atoms with E-state index in [1.807, 2.05) is 0 Å². The number of hydrogen-bond acceptors (Lipinski definition) is 6. The second kappa shape index (κ2) is 37.5. The predicted octanol–water partition coefficient (Wildman–Crippen LogP) is 12.6. The lowest BCUT2D eigenvalue weighted by Crippen LogP contribution is -2.29. The number of carbonyl (C=O) groups excluding carboxylic acids is 2. The van der Waals surface area contributed by atoms with Gasteiger partial charge in [0.15, 0.2) is 6.10 Å². The van der Waals surface area contributed by atoms with E-state index in [0.29, 0.717) is 6.42 Å². The lowest BCUT2D eigenvalue weighted by atomic mass is 10.0. The van der Waals surface area contributed by atoms with Crippen molar-refractivity contribution in [3.8, 4) is 0 Å². The summed E-state index contributed by atoms with van der Waals surface area (Å²) >= 11 is 0. The largest absolute Gasteiger partial charge is 0.469 e. The van der Waals surface area contributed by atoms with Gasteiger partial charge in [-0.2, -0.15) is 0 Å². The lowest BCUT2D eigenvalue weighted by molar-refractivity contribution is -0.161. The van der Waals surface area contributed by atoms with Gasteiger partial charge in [0, 0.05) is 12.8 Å². The van der Waals surface area contributed by atoms with E-state index in [1.54, 1.807) is 0 Å². The van der Waals surface area contributed by atoms with Crippen molar-refractivity contribution in [1.82, 2.24) is 0 Å². The van der Waals surface area contributed by atoms with Gasteiger partial charge in [-0.15, -0.1) is 0 Å². The van der Waals surface area contributed by atoms with Gasteiger partial charge in [0.1, 0.15) is 6.61 Å². The molecule has 8 nitrogen and oxygen atoms in total. The van der Waals surface area contributed by atoms with Crippen molar-refractivity contribution in [2.75, 3.05) is 13.2 Å². The van der Waals surface area contributed by atoms with Crippen LogP contribution in [0.15, 0.2) is 12.2 Å². The molecule has 0 aliphatic heterocycles. The molecule has 9 heteroatoms. The van der Waals surface area contributed by atoms with Crippen LogP contribution in [-0.2, 0) is 28.2 Å². The molecule has 0 spiro atoms. The molecule has 0 heterocycles. The first-order valence-electron chi connectivity index (χ1n) is 21.0. The molecule has 0 aliphatic rings. The summed E-state index contributed by atoms with van der Waals surface area (Å²) < 4.78 is 26.4. The fourth-order valence-corrected chi connectivity index (χ4v) is 6.49. The molecule has 0 aromatic rings. The van der Waals surface area contributed by atoms with E-state index >= 15 is 0 Å². The summed E-state index contributed by atoms with van der Waals surface area (Å²) in [5.41, 5.74) is 0. The number of phosphoric ester groups is 1. The number of esters is 2. The molecule has 2 N–H and O–H groups in total. The van der Waals surface area contributed by atoms with Crippen LogP contribution in [0.4, 0.5) is 0 Å². The Balaban J connectivity index is 3.89. The van der Waals surface area contributed by atoms with Crippen molar-refractivity contribution in [3.05, 3.63) is 12.2 Å². The van der Waals surface area contributed by atoms with Gasteiger partial charge in [0.05, 0.1) is 6.61 Å².